The van der Waals surface area contributed by atoms with Crippen LogP contribution in [0.2, 0.25) is 0 Å². The predicted octanol–water partition coefficient (Wildman–Crippen LogP) is 1.05. The second-order valence-corrected chi connectivity index (χ2v) is 5.73. The third-order valence-corrected chi connectivity index (χ3v) is 3.73. The zero-order valence-corrected chi connectivity index (χ0v) is 14.2. The van der Waals surface area contributed by atoms with Crippen LogP contribution in [-0.2, 0) is 19.2 Å². The fraction of sp³-hybridized carbons (Fsp3) is 0.533. The van der Waals surface area contributed by atoms with Gasteiger partial charge in [-0.2, -0.15) is 13.2 Å². The molecule has 0 bridgehead atoms. The number of hydrogen-bond donors (Lipinski definition) is 1. The number of ether oxygens (including phenoxy) is 1. The van der Waals surface area contributed by atoms with E-state index in [-0.39, 0.29) is 13.1 Å². The second kappa shape index (κ2) is 8.32. The monoisotopic (exact) mass is 376 g/mol. The molecule has 1 saturated heterocycles. The molecule has 1 fully saturated rings. The zero-order valence-electron chi connectivity index (χ0n) is 14.2. The normalized spacial score (nSPS) is 15.3. The number of alkyl halides is 3. The van der Waals surface area contributed by atoms with Crippen molar-refractivity contribution < 1.29 is 32.3 Å². The van der Waals surface area contributed by atoms with Crippen molar-refractivity contribution in [3.63, 3.8) is 0 Å². The number of hydroxylamine groups is 2. The molecule has 8 nitrogen and oxygen atoms in total. The average Bonchev–Trinajstić information content (AvgIpc) is 2.54. The predicted molar refractivity (Wildman–Crippen MR) is 85.2 cm³/mol. The third-order valence-electron chi connectivity index (χ3n) is 3.73. The zero-order chi connectivity index (χ0) is 19.3. The van der Waals surface area contributed by atoms with Crippen LogP contribution in [0.5, 0.6) is 0 Å². The molecule has 0 spiro atoms. The highest BCUT2D eigenvalue weighted by Crippen LogP contribution is 2.23. The van der Waals surface area contributed by atoms with E-state index in [1.165, 1.54) is 0 Å². The number of pyridine rings is 1. The Balaban J connectivity index is 1.78. The molecule has 1 aromatic rings. The lowest BCUT2D eigenvalue weighted by Crippen LogP contribution is -2.53. The Hall–Kier alpha value is -2.40. The van der Waals surface area contributed by atoms with E-state index in [9.17, 15) is 22.8 Å². The number of halogens is 3. The lowest BCUT2D eigenvalue weighted by Gasteiger charge is -2.35. The molecule has 1 aromatic heterocycles. The molecular weight excluding hydrogens is 357 g/mol. The fourth-order valence-corrected chi connectivity index (χ4v) is 2.12. The Kier molecular flexibility index (Phi) is 6.37. The van der Waals surface area contributed by atoms with Crippen LogP contribution in [0.4, 0.5) is 24.7 Å². The number of carbonyl (C=O) groups excluding carboxylic acids is 2. The standard InChI is InChI=1S/C15H19F3N4O4/c1-21(5-6-25-2)11-3-4-12(19-7-11)20-13(23)10-8-22(9-10)26-14(24)15(16,17)18/h3-4,7,10H,5-6,8-9H2,1-2H3,(H,19,20,23). The second-order valence-electron chi connectivity index (χ2n) is 5.73. The van der Waals surface area contributed by atoms with Crippen LogP contribution >= 0.6 is 0 Å². The highest BCUT2D eigenvalue weighted by molar-refractivity contribution is 5.92. The van der Waals surface area contributed by atoms with Crippen LogP contribution in [-0.4, -0.2) is 68.5 Å². The van der Waals surface area contributed by atoms with Crippen molar-refractivity contribution in [3.05, 3.63) is 18.3 Å². The summed E-state index contributed by atoms with van der Waals surface area (Å²) in [5, 5.41) is 3.37. The first-order chi connectivity index (χ1) is 12.2. The van der Waals surface area contributed by atoms with Gasteiger partial charge in [-0.1, -0.05) is 0 Å². The van der Waals surface area contributed by atoms with Gasteiger partial charge in [0.05, 0.1) is 24.4 Å². The maximum atomic E-state index is 12.1. The van der Waals surface area contributed by atoms with Crippen molar-refractivity contribution in [1.29, 1.82) is 0 Å². The van der Waals surface area contributed by atoms with E-state index >= 15 is 0 Å². The summed E-state index contributed by atoms with van der Waals surface area (Å²) >= 11 is 0. The Morgan fingerprint density at radius 3 is 2.62 bits per heavy atom. The molecule has 1 N–H and O–H groups in total. The van der Waals surface area contributed by atoms with E-state index in [0.29, 0.717) is 19.0 Å². The summed E-state index contributed by atoms with van der Waals surface area (Å²) in [5.74, 6) is -2.96. The van der Waals surface area contributed by atoms with Gasteiger partial charge in [-0.05, 0) is 12.1 Å². The number of hydrogen-bond acceptors (Lipinski definition) is 7. The molecule has 11 heteroatoms. The van der Waals surface area contributed by atoms with Crippen molar-refractivity contribution in [2.24, 2.45) is 5.92 Å². The number of nitrogens with zero attached hydrogens (tertiary/aromatic N) is 3. The summed E-state index contributed by atoms with van der Waals surface area (Å²) in [5.41, 5.74) is 0.842. The van der Waals surface area contributed by atoms with Gasteiger partial charge in [0.25, 0.3) is 0 Å². The van der Waals surface area contributed by atoms with E-state index < -0.39 is 24.0 Å². The number of amides is 1. The molecule has 1 amide bonds. The molecule has 26 heavy (non-hydrogen) atoms. The van der Waals surface area contributed by atoms with E-state index in [1.807, 2.05) is 11.9 Å². The molecule has 0 aromatic carbocycles. The molecule has 0 saturated carbocycles. The Morgan fingerprint density at radius 2 is 2.08 bits per heavy atom. The van der Waals surface area contributed by atoms with Gasteiger partial charge in [0.2, 0.25) is 5.91 Å². The lowest BCUT2D eigenvalue weighted by atomic mass is 10.0. The third kappa shape index (κ3) is 5.30. The van der Waals surface area contributed by atoms with E-state index in [1.54, 1.807) is 25.4 Å². The van der Waals surface area contributed by atoms with Gasteiger partial charge in [0.15, 0.2) is 0 Å². The summed E-state index contributed by atoms with van der Waals surface area (Å²) in [6, 6.07) is 3.40. The highest BCUT2D eigenvalue weighted by atomic mass is 19.4. The van der Waals surface area contributed by atoms with Crippen LogP contribution in [0.25, 0.3) is 0 Å². The van der Waals surface area contributed by atoms with Gasteiger partial charge >= 0.3 is 12.1 Å². The Labute approximate surface area is 147 Å². The number of methoxy groups -OCH3 is 1. The fourth-order valence-electron chi connectivity index (χ4n) is 2.12. The molecule has 2 rings (SSSR count). The van der Waals surface area contributed by atoms with Gasteiger partial charge in [-0.15, -0.1) is 5.06 Å². The Bertz CT molecular complexity index is 633. The molecular formula is C15H19F3N4O4. The van der Waals surface area contributed by atoms with Crippen LogP contribution < -0.4 is 10.2 Å². The first kappa shape index (κ1) is 19.9. The summed E-state index contributed by atoms with van der Waals surface area (Å²) < 4.78 is 41.2. The van der Waals surface area contributed by atoms with Gasteiger partial charge in [0, 0.05) is 33.8 Å². The van der Waals surface area contributed by atoms with Gasteiger partial charge in [-0.3, -0.25) is 4.79 Å². The number of likely N-dealkylation sites (N-methyl/N-ethyl adjacent to an activating group) is 1. The minimum atomic E-state index is -5.06. The molecule has 0 unspecified atom stereocenters. The molecule has 144 valence electrons. The van der Waals surface area contributed by atoms with E-state index in [4.69, 9.17) is 4.74 Å². The van der Waals surface area contributed by atoms with Crippen molar-refractivity contribution in [2.75, 3.05) is 50.6 Å². The SMILES string of the molecule is COCCN(C)c1ccc(NC(=O)C2CN(OC(=O)C(F)(F)F)C2)nc1. The molecule has 0 atom stereocenters. The number of anilines is 2. The lowest BCUT2D eigenvalue weighted by molar-refractivity contribution is -0.256. The van der Waals surface area contributed by atoms with E-state index in [2.05, 4.69) is 15.1 Å². The summed E-state index contributed by atoms with van der Waals surface area (Å²) in [6.07, 6.45) is -3.47. The van der Waals surface area contributed by atoms with Crippen LogP contribution in [0.3, 0.4) is 0 Å². The Morgan fingerprint density at radius 1 is 1.38 bits per heavy atom. The quantitative estimate of drug-likeness (QED) is 0.762. The first-order valence-electron chi connectivity index (χ1n) is 7.71. The number of rotatable bonds is 7. The van der Waals surface area contributed by atoms with Crippen molar-refractivity contribution >= 4 is 23.4 Å². The smallest absolute Gasteiger partial charge is 0.383 e. The minimum absolute atomic E-state index is 0.106. The van der Waals surface area contributed by atoms with Gasteiger partial charge in [-0.25, -0.2) is 9.78 Å². The summed E-state index contributed by atoms with van der Waals surface area (Å²) in [6.45, 7) is 1.03. The van der Waals surface area contributed by atoms with Crippen LogP contribution in [0, 0.1) is 5.92 Å². The topological polar surface area (TPSA) is 84.0 Å². The highest BCUT2D eigenvalue weighted by Gasteiger charge is 2.45. The van der Waals surface area contributed by atoms with Crippen LogP contribution in [0.1, 0.15) is 0 Å². The van der Waals surface area contributed by atoms with Crippen molar-refractivity contribution in [2.45, 2.75) is 6.18 Å². The minimum Gasteiger partial charge on any atom is -0.383 e. The van der Waals surface area contributed by atoms with Gasteiger partial charge < -0.3 is 19.8 Å². The number of aromatic nitrogens is 1. The maximum Gasteiger partial charge on any atom is 0.492 e. The summed E-state index contributed by atoms with van der Waals surface area (Å²) in [7, 11) is 3.48. The molecule has 0 radical (unpaired) electrons. The largest absolute Gasteiger partial charge is 0.492 e. The van der Waals surface area contributed by atoms with Crippen LogP contribution in [0.15, 0.2) is 18.3 Å². The van der Waals surface area contributed by atoms with Gasteiger partial charge in [0.1, 0.15) is 5.82 Å². The first-order valence-corrected chi connectivity index (χ1v) is 7.71. The molecule has 2 heterocycles. The summed E-state index contributed by atoms with van der Waals surface area (Å²) in [4.78, 5) is 32.9. The van der Waals surface area contributed by atoms with E-state index in [0.717, 1.165) is 10.8 Å². The van der Waals surface area contributed by atoms with Crippen molar-refractivity contribution in [3.8, 4) is 0 Å². The molecule has 1 aliphatic rings. The molecule has 1 aliphatic heterocycles. The van der Waals surface area contributed by atoms with Crippen molar-refractivity contribution in [1.82, 2.24) is 10.0 Å². The average molecular weight is 376 g/mol. The molecule has 0 aliphatic carbocycles. The number of carbonyl (C=O) groups is 2. The number of nitrogens with one attached hydrogen (secondary N) is 1. The maximum absolute atomic E-state index is 12.1.